The molecule has 0 amide bonds. The Kier molecular flexibility index (Phi) is 7.94. The predicted octanol–water partition coefficient (Wildman–Crippen LogP) is 1.32. The number of rotatable bonds is 8. The van der Waals surface area contributed by atoms with E-state index in [1.54, 1.807) is 24.3 Å². The molecule has 2 aromatic rings. The van der Waals surface area contributed by atoms with Crippen LogP contribution in [-0.2, 0) is 14.2 Å². The third kappa shape index (κ3) is 4.92. The molecule has 0 aliphatic carbocycles. The number of hydrogen-bond acceptors (Lipinski definition) is 12. The molecule has 0 unspecified atom stereocenters. The Hall–Kier alpha value is -3.00. The van der Waals surface area contributed by atoms with Crippen molar-refractivity contribution in [3.63, 3.8) is 0 Å². The molecule has 39 heavy (non-hydrogen) atoms. The third-order valence-electron chi connectivity index (χ3n) is 7.59. The van der Waals surface area contributed by atoms with Crippen molar-refractivity contribution < 1.29 is 58.3 Å². The van der Waals surface area contributed by atoms with E-state index in [9.17, 15) is 20.4 Å². The van der Waals surface area contributed by atoms with Gasteiger partial charge in [0.05, 0.1) is 60.5 Å². The lowest BCUT2D eigenvalue weighted by molar-refractivity contribution is -0.242. The van der Waals surface area contributed by atoms with Gasteiger partial charge in [0.1, 0.15) is 18.3 Å². The standard InChI is InChI=1S/C27H34O12/c1-32-17-5-12(6-18(33-2)22(17)30)24-14-9-37-25(15(14)10-36-24)13-7-19(34-3)26(20(8-13)35-4)39-27-23(31)21(29)16(28)11-38-27/h5-8,14-16,21,23-25,27-31H,9-11H2,1-4H3/t14-,15-,16+,21-,23+,24+,25+,27-/m0/s1. The molecule has 0 spiro atoms. The van der Waals surface area contributed by atoms with Gasteiger partial charge in [0.2, 0.25) is 17.8 Å². The topological polar surface area (TPSA) is 155 Å². The second-order valence-corrected chi connectivity index (χ2v) is 9.73. The number of hydrogen-bond donors (Lipinski definition) is 4. The number of benzene rings is 2. The van der Waals surface area contributed by atoms with Crippen molar-refractivity contribution in [2.75, 3.05) is 48.3 Å². The van der Waals surface area contributed by atoms with Gasteiger partial charge in [-0.1, -0.05) is 0 Å². The van der Waals surface area contributed by atoms with Crippen LogP contribution in [0.3, 0.4) is 0 Å². The van der Waals surface area contributed by atoms with E-state index in [2.05, 4.69) is 0 Å². The number of aliphatic hydroxyl groups excluding tert-OH is 3. The van der Waals surface area contributed by atoms with Gasteiger partial charge >= 0.3 is 0 Å². The lowest BCUT2D eigenvalue weighted by Crippen LogP contribution is -2.54. The normalized spacial score (nSPS) is 32.0. The third-order valence-corrected chi connectivity index (χ3v) is 7.59. The van der Waals surface area contributed by atoms with Gasteiger partial charge in [0.25, 0.3) is 0 Å². The Labute approximate surface area is 225 Å². The molecule has 3 aliphatic heterocycles. The molecule has 4 N–H and O–H groups in total. The van der Waals surface area contributed by atoms with Crippen LogP contribution in [-0.4, -0.2) is 93.3 Å². The van der Waals surface area contributed by atoms with Crippen LogP contribution < -0.4 is 23.7 Å². The van der Waals surface area contributed by atoms with Crippen LogP contribution in [0, 0.1) is 11.8 Å². The van der Waals surface area contributed by atoms with Gasteiger partial charge in [-0.2, -0.15) is 0 Å². The van der Waals surface area contributed by atoms with Crippen molar-refractivity contribution in [2.45, 2.75) is 36.8 Å². The SMILES string of the molecule is COc1cc([C@H]2OC[C@H]3[C@@H]2CO[C@@H]3c2cc(OC)c(O[C@@H]3OC[C@@H](O)[C@H](O)[C@H]3O)c(OC)c2)cc(OC)c1O. The average Bonchev–Trinajstić information content (AvgIpc) is 3.56. The lowest BCUT2D eigenvalue weighted by Gasteiger charge is -2.35. The zero-order valence-electron chi connectivity index (χ0n) is 22.1. The predicted molar refractivity (Wildman–Crippen MR) is 134 cm³/mol. The second kappa shape index (κ2) is 11.2. The molecule has 3 heterocycles. The minimum atomic E-state index is -1.48. The van der Waals surface area contributed by atoms with E-state index in [4.69, 9.17) is 37.9 Å². The van der Waals surface area contributed by atoms with Crippen molar-refractivity contribution >= 4 is 0 Å². The van der Waals surface area contributed by atoms with E-state index in [1.807, 2.05) is 0 Å². The molecule has 8 atom stereocenters. The number of methoxy groups -OCH3 is 4. The summed E-state index contributed by atoms with van der Waals surface area (Å²) in [5.41, 5.74) is 1.60. The minimum absolute atomic E-state index is 0.0158. The summed E-state index contributed by atoms with van der Waals surface area (Å²) >= 11 is 0. The summed E-state index contributed by atoms with van der Waals surface area (Å²) in [5.74, 6) is 1.37. The molecule has 0 aromatic heterocycles. The Morgan fingerprint density at radius 2 is 1.10 bits per heavy atom. The monoisotopic (exact) mass is 550 g/mol. The Balaban J connectivity index is 1.39. The quantitative estimate of drug-likeness (QED) is 0.375. The van der Waals surface area contributed by atoms with Crippen molar-refractivity contribution in [2.24, 2.45) is 11.8 Å². The maximum absolute atomic E-state index is 10.3. The summed E-state index contributed by atoms with van der Waals surface area (Å²) < 4.78 is 45.5. The van der Waals surface area contributed by atoms with Crippen LogP contribution in [0.5, 0.6) is 34.5 Å². The molecule has 0 radical (unpaired) electrons. The first-order valence-electron chi connectivity index (χ1n) is 12.6. The molecule has 12 heteroatoms. The summed E-state index contributed by atoms with van der Waals surface area (Å²) in [4.78, 5) is 0. The molecule has 12 nitrogen and oxygen atoms in total. The van der Waals surface area contributed by atoms with Crippen molar-refractivity contribution in [3.05, 3.63) is 35.4 Å². The lowest BCUT2D eigenvalue weighted by atomic mass is 9.84. The first-order valence-corrected chi connectivity index (χ1v) is 12.6. The Morgan fingerprint density at radius 3 is 1.56 bits per heavy atom. The molecule has 3 fully saturated rings. The summed E-state index contributed by atoms with van der Waals surface area (Å²) in [6.45, 7) is 0.679. The second-order valence-electron chi connectivity index (χ2n) is 9.73. The highest BCUT2D eigenvalue weighted by Gasteiger charge is 2.49. The molecule has 3 aliphatic rings. The van der Waals surface area contributed by atoms with E-state index in [-0.39, 0.29) is 42.1 Å². The number of aliphatic hydroxyl groups is 3. The van der Waals surface area contributed by atoms with Gasteiger partial charge in [-0.3, -0.25) is 0 Å². The fourth-order valence-corrected chi connectivity index (χ4v) is 5.49. The van der Waals surface area contributed by atoms with E-state index in [0.29, 0.717) is 36.2 Å². The summed E-state index contributed by atoms with van der Waals surface area (Å²) in [6.07, 6.45) is -5.99. The molecule has 5 rings (SSSR count). The van der Waals surface area contributed by atoms with Crippen LogP contribution in [0.2, 0.25) is 0 Å². The Bertz CT molecular complexity index is 1120. The number of phenolic OH excluding ortho intramolecular Hbond substituents is 1. The van der Waals surface area contributed by atoms with Gasteiger partial charge in [0, 0.05) is 11.8 Å². The highest BCUT2D eigenvalue weighted by Crippen LogP contribution is 2.53. The summed E-state index contributed by atoms with van der Waals surface area (Å²) in [7, 11) is 5.90. The van der Waals surface area contributed by atoms with Crippen molar-refractivity contribution in [1.82, 2.24) is 0 Å². The number of phenols is 1. The Morgan fingerprint density at radius 1 is 0.641 bits per heavy atom. The van der Waals surface area contributed by atoms with Crippen LogP contribution in [0.25, 0.3) is 0 Å². The van der Waals surface area contributed by atoms with Crippen molar-refractivity contribution in [3.8, 4) is 34.5 Å². The van der Waals surface area contributed by atoms with Gasteiger partial charge in [0.15, 0.2) is 23.0 Å². The molecule has 3 saturated heterocycles. The first kappa shape index (κ1) is 27.6. The number of fused-ring (bicyclic) bond motifs is 1. The summed E-state index contributed by atoms with van der Waals surface area (Å²) in [6, 6.07) is 7.03. The van der Waals surface area contributed by atoms with E-state index in [0.717, 1.165) is 11.1 Å². The van der Waals surface area contributed by atoms with Crippen LogP contribution >= 0.6 is 0 Å². The van der Waals surface area contributed by atoms with Crippen LogP contribution in [0.4, 0.5) is 0 Å². The van der Waals surface area contributed by atoms with Crippen LogP contribution in [0.15, 0.2) is 24.3 Å². The van der Waals surface area contributed by atoms with E-state index in [1.165, 1.54) is 28.4 Å². The maximum atomic E-state index is 10.3. The number of aromatic hydroxyl groups is 1. The van der Waals surface area contributed by atoms with E-state index < -0.39 is 24.6 Å². The fraction of sp³-hybridized carbons (Fsp3) is 0.556. The van der Waals surface area contributed by atoms with Gasteiger partial charge in [-0.25, -0.2) is 0 Å². The fourth-order valence-electron chi connectivity index (χ4n) is 5.49. The highest BCUT2D eigenvalue weighted by molar-refractivity contribution is 5.55. The zero-order valence-corrected chi connectivity index (χ0v) is 22.1. The van der Waals surface area contributed by atoms with Gasteiger partial charge < -0.3 is 58.3 Å². The molecule has 2 aromatic carbocycles. The smallest absolute Gasteiger partial charge is 0.229 e. The molecule has 0 bridgehead atoms. The average molecular weight is 551 g/mol. The largest absolute Gasteiger partial charge is 0.502 e. The highest BCUT2D eigenvalue weighted by atomic mass is 16.7. The van der Waals surface area contributed by atoms with Gasteiger partial charge in [-0.15, -0.1) is 0 Å². The van der Waals surface area contributed by atoms with Gasteiger partial charge in [-0.05, 0) is 35.4 Å². The van der Waals surface area contributed by atoms with Crippen LogP contribution in [0.1, 0.15) is 23.3 Å². The molecule has 214 valence electrons. The molecule has 0 saturated carbocycles. The van der Waals surface area contributed by atoms with Crippen molar-refractivity contribution in [1.29, 1.82) is 0 Å². The van der Waals surface area contributed by atoms with E-state index >= 15 is 0 Å². The molecular weight excluding hydrogens is 516 g/mol. The maximum Gasteiger partial charge on any atom is 0.229 e. The minimum Gasteiger partial charge on any atom is -0.502 e. The number of ether oxygens (including phenoxy) is 8. The molecular formula is C27H34O12. The summed E-state index contributed by atoms with van der Waals surface area (Å²) in [5, 5.41) is 40.4. The first-order chi connectivity index (χ1) is 18.8. The zero-order chi connectivity index (χ0) is 27.8.